The van der Waals surface area contributed by atoms with Crippen molar-refractivity contribution in [3.63, 3.8) is 0 Å². The number of Topliss-reactive ketones (excluding diaryl/α,β-unsaturated/α-hetero) is 1. The lowest BCUT2D eigenvalue weighted by Gasteiger charge is -2.07. The first-order chi connectivity index (χ1) is 9.25. The van der Waals surface area contributed by atoms with E-state index in [1.165, 1.54) is 0 Å². The van der Waals surface area contributed by atoms with Crippen LogP contribution in [0.4, 0.5) is 0 Å². The molecule has 0 amide bonds. The van der Waals surface area contributed by atoms with Gasteiger partial charge in [-0.1, -0.05) is 72.9 Å². The van der Waals surface area contributed by atoms with Crippen LogP contribution >= 0.6 is 12.2 Å². The topological polar surface area (TPSA) is 29.1 Å². The number of hydrogen-bond acceptors (Lipinski definition) is 2. The predicted octanol–water partition coefficient (Wildman–Crippen LogP) is 3.38. The molecule has 1 N–H and O–H groups in total. The molecular formula is C16H15NOS. The van der Waals surface area contributed by atoms with Gasteiger partial charge in [-0.05, 0) is 5.56 Å². The van der Waals surface area contributed by atoms with Gasteiger partial charge in [0.25, 0.3) is 0 Å². The van der Waals surface area contributed by atoms with Crippen molar-refractivity contribution in [2.75, 3.05) is 0 Å². The van der Waals surface area contributed by atoms with Crippen LogP contribution in [0.1, 0.15) is 22.3 Å². The van der Waals surface area contributed by atoms with Crippen LogP contribution in [0.25, 0.3) is 0 Å². The van der Waals surface area contributed by atoms with Gasteiger partial charge in [-0.3, -0.25) is 4.79 Å². The van der Waals surface area contributed by atoms with E-state index in [0.717, 1.165) is 5.56 Å². The third-order valence-corrected chi connectivity index (χ3v) is 3.04. The fourth-order valence-corrected chi connectivity index (χ4v) is 1.93. The van der Waals surface area contributed by atoms with E-state index in [1.807, 2.05) is 60.7 Å². The Labute approximate surface area is 118 Å². The van der Waals surface area contributed by atoms with E-state index in [0.29, 0.717) is 17.1 Å². The number of benzene rings is 2. The van der Waals surface area contributed by atoms with Crippen molar-refractivity contribution in [1.29, 1.82) is 0 Å². The molecule has 2 aromatic carbocycles. The van der Waals surface area contributed by atoms with Crippen LogP contribution in [0.15, 0.2) is 60.7 Å². The molecule has 19 heavy (non-hydrogen) atoms. The van der Waals surface area contributed by atoms with Crippen LogP contribution in [-0.4, -0.2) is 10.8 Å². The SMILES string of the molecule is O=C(CC(=S)NCc1ccccc1)c1ccccc1. The summed E-state index contributed by atoms with van der Waals surface area (Å²) < 4.78 is 0. The van der Waals surface area contributed by atoms with Gasteiger partial charge in [0.2, 0.25) is 0 Å². The Morgan fingerprint density at radius 2 is 1.53 bits per heavy atom. The molecule has 0 spiro atoms. The van der Waals surface area contributed by atoms with Crippen molar-refractivity contribution < 1.29 is 4.79 Å². The number of carbonyl (C=O) groups excluding carboxylic acids is 1. The second-order valence-electron chi connectivity index (χ2n) is 4.23. The van der Waals surface area contributed by atoms with Gasteiger partial charge < -0.3 is 5.32 Å². The Hall–Kier alpha value is -2.00. The maximum atomic E-state index is 11.9. The van der Waals surface area contributed by atoms with Crippen LogP contribution in [0, 0.1) is 0 Å². The highest BCUT2D eigenvalue weighted by Crippen LogP contribution is 2.04. The largest absolute Gasteiger partial charge is 0.375 e. The first-order valence-electron chi connectivity index (χ1n) is 6.14. The van der Waals surface area contributed by atoms with Crippen molar-refractivity contribution in [3.8, 4) is 0 Å². The van der Waals surface area contributed by atoms with Gasteiger partial charge in [-0.15, -0.1) is 0 Å². The van der Waals surface area contributed by atoms with E-state index in [-0.39, 0.29) is 12.2 Å². The van der Waals surface area contributed by atoms with Gasteiger partial charge in [0.1, 0.15) is 0 Å². The average molecular weight is 269 g/mol. The number of thiocarbonyl (C=S) groups is 1. The van der Waals surface area contributed by atoms with Gasteiger partial charge >= 0.3 is 0 Å². The Morgan fingerprint density at radius 1 is 0.947 bits per heavy atom. The molecule has 0 aromatic heterocycles. The standard InChI is InChI=1S/C16H15NOS/c18-15(14-9-5-2-6-10-14)11-16(19)17-12-13-7-3-1-4-8-13/h1-10H,11-12H2,(H,17,19). The quantitative estimate of drug-likeness (QED) is 0.666. The van der Waals surface area contributed by atoms with E-state index < -0.39 is 0 Å². The molecule has 0 bridgehead atoms. The van der Waals surface area contributed by atoms with E-state index >= 15 is 0 Å². The van der Waals surface area contributed by atoms with Crippen molar-refractivity contribution in [1.82, 2.24) is 5.32 Å². The highest BCUT2D eigenvalue weighted by molar-refractivity contribution is 7.80. The molecule has 0 radical (unpaired) electrons. The normalized spacial score (nSPS) is 9.89. The molecule has 2 aromatic rings. The monoisotopic (exact) mass is 269 g/mol. The van der Waals surface area contributed by atoms with Crippen molar-refractivity contribution in [2.45, 2.75) is 13.0 Å². The summed E-state index contributed by atoms with van der Waals surface area (Å²) in [5.41, 5.74) is 1.85. The van der Waals surface area contributed by atoms with Crippen molar-refractivity contribution in [2.24, 2.45) is 0 Å². The van der Waals surface area contributed by atoms with E-state index in [2.05, 4.69) is 5.32 Å². The fourth-order valence-electron chi connectivity index (χ4n) is 1.73. The number of ketones is 1. The number of rotatable bonds is 5. The van der Waals surface area contributed by atoms with Gasteiger partial charge in [0.15, 0.2) is 5.78 Å². The zero-order valence-electron chi connectivity index (χ0n) is 10.5. The maximum Gasteiger partial charge on any atom is 0.169 e. The van der Waals surface area contributed by atoms with E-state index in [1.54, 1.807) is 0 Å². The van der Waals surface area contributed by atoms with Crippen molar-refractivity contribution in [3.05, 3.63) is 71.8 Å². The first kappa shape index (κ1) is 13.4. The van der Waals surface area contributed by atoms with Gasteiger partial charge in [-0.25, -0.2) is 0 Å². The van der Waals surface area contributed by atoms with Crippen LogP contribution in [0.3, 0.4) is 0 Å². The smallest absolute Gasteiger partial charge is 0.169 e. The molecular weight excluding hydrogens is 254 g/mol. The minimum absolute atomic E-state index is 0.0474. The predicted molar refractivity (Wildman–Crippen MR) is 81.3 cm³/mol. The molecule has 96 valence electrons. The fraction of sp³-hybridized carbons (Fsp3) is 0.125. The third-order valence-electron chi connectivity index (χ3n) is 2.75. The zero-order valence-corrected chi connectivity index (χ0v) is 11.3. The lowest BCUT2D eigenvalue weighted by Crippen LogP contribution is -2.23. The molecule has 2 rings (SSSR count). The average Bonchev–Trinajstić information content (AvgIpc) is 2.47. The zero-order chi connectivity index (χ0) is 13.5. The molecule has 0 saturated carbocycles. The molecule has 0 aliphatic heterocycles. The summed E-state index contributed by atoms with van der Waals surface area (Å²) in [6.07, 6.45) is 0.256. The third kappa shape index (κ3) is 4.30. The summed E-state index contributed by atoms with van der Waals surface area (Å²) in [4.78, 5) is 12.5. The van der Waals surface area contributed by atoms with Gasteiger partial charge in [-0.2, -0.15) is 0 Å². The van der Waals surface area contributed by atoms with Crippen molar-refractivity contribution >= 4 is 23.0 Å². The molecule has 0 aliphatic carbocycles. The summed E-state index contributed by atoms with van der Waals surface area (Å²) >= 11 is 5.20. The summed E-state index contributed by atoms with van der Waals surface area (Å²) in [6.45, 7) is 0.655. The number of nitrogens with one attached hydrogen (secondary N) is 1. The lowest BCUT2D eigenvalue weighted by atomic mass is 10.1. The molecule has 0 aliphatic rings. The minimum atomic E-state index is 0.0474. The molecule has 0 atom stereocenters. The number of hydrogen-bond donors (Lipinski definition) is 1. The van der Waals surface area contributed by atoms with Crippen LogP contribution in [0.5, 0.6) is 0 Å². The lowest BCUT2D eigenvalue weighted by molar-refractivity contribution is 0.100. The Bertz CT molecular complexity index is 551. The molecule has 0 fully saturated rings. The number of carbonyl (C=O) groups is 1. The molecule has 3 heteroatoms. The Kier molecular flexibility index (Phi) is 4.81. The van der Waals surface area contributed by atoms with Gasteiger partial charge in [0.05, 0.1) is 11.4 Å². The molecule has 0 heterocycles. The summed E-state index contributed by atoms with van der Waals surface area (Å²) in [5, 5.41) is 3.11. The van der Waals surface area contributed by atoms with E-state index in [4.69, 9.17) is 12.2 Å². The Morgan fingerprint density at radius 3 is 2.16 bits per heavy atom. The van der Waals surface area contributed by atoms with Gasteiger partial charge in [0, 0.05) is 12.1 Å². The maximum absolute atomic E-state index is 11.9. The summed E-state index contributed by atoms with van der Waals surface area (Å²) in [7, 11) is 0. The Balaban J connectivity index is 1.83. The van der Waals surface area contributed by atoms with Crippen LogP contribution in [0.2, 0.25) is 0 Å². The highest BCUT2D eigenvalue weighted by atomic mass is 32.1. The minimum Gasteiger partial charge on any atom is -0.375 e. The molecule has 0 saturated heterocycles. The second-order valence-corrected chi connectivity index (χ2v) is 4.72. The van der Waals surface area contributed by atoms with Crippen LogP contribution in [-0.2, 0) is 6.54 Å². The second kappa shape index (κ2) is 6.81. The summed E-state index contributed by atoms with van der Waals surface area (Å²) in [5.74, 6) is 0.0474. The van der Waals surface area contributed by atoms with Crippen LogP contribution < -0.4 is 5.32 Å². The molecule has 0 unspecified atom stereocenters. The van der Waals surface area contributed by atoms with E-state index in [9.17, 15) is 4.79 Å². The summed E-state index contributed by atoms with van der Waals surface area (Å²) in [6, 6.07) is 19.2. The highest BCUT2D eigenvalue weighted by Gasteiger charge is 2.08. The molecule has 2 nitrogen and oxygen atoms in total. The first-order valence-corrected chi connectivity index (χ1v) is 6.55.